The Balaban J connectivity index is 2.15. The maximum atomic E-state index is 12.7. The molecule has 1 aromatic carbocycles. The summed E-state index contributed by atoms with van der Waals surface area (Å²) in [4.78, 5) is 18.9. The highest BCUT2D eigenvalue weighted by Gasteiger charge is 2.32. The summed E-state index contributed by atoms with van der Waals surface area (Å²) in [5.41, 5.74) is 7.71. The summed E-state index contributed by atoms with van der Waals surface area (Å²) in [6, 6.07) is 7.48. The van der Waals surface area contributed by atoms with Crippen LogP contribution in [0.5, 0.6) is 0 Å². The van der Waals surface area contributed by atoms with Gasteiger partial charge in [-0.15, -0.1) is 11.3 Å². The number of nitrogens with zero attached hydrogens (tertiary/aromatic N) is 2. The van der Waals surface area contributed by atoms with Gasteiger partial charge in [0.1, 0.15) is 0 Å². The Bertz CT molecular complexity index is 631. The standard InChI is InChI=1S/C16H21N3OS/c1-11-18-14(10-21-11)9-19(4)15(20)16(2,3)12-5-7-13(17)8-6-12/h5-8,10H,9,17H2,1-4H3. The van der Waals surface area contributed by atoms with Crippen LogP contribution in [-0.2, 0) is 16.8 Å². The van der Waals surface area contributed by atoms with Gasteiger partial charge < -0.3 is 10.6 Å². The van der Waals surface area contributed by atoms with E-state index in [-0.39, 0.29) is 5.91 Å². The quantitative estimate of drug-likeness (QED) is 0.883. The molecule has 0 radical (unpaired) electrons. The molecule has 0 spiro atoms. The highest BCUT2D eigenvalue weighted by atomic mass is 32.1. The fourth-order valence-corrected chi connectivity index (χ4v) is 2.90. The Morgan fingerprint density at radius 1 is 1.33 bits per heavy atom. The number of likely N-dealkylation sites (N-methyl/N-ethyl adjacent to an activating group) is 1. The van der Waals surface area contributed by atoms with Crippen LogP contribution in [0.1, 0.15) is 30.1 Å². The first-order valence-electron chi connectivity index (χ1n) is 6.83. The molecule has 5 heteroatoms. The maximum absolute atomic E-state index is 12.7. The van der Waals surface area contributed by atoms with Gasteiger partial charge in [-0.25, -0.2) is 4.98 Å². The summed E-state index contributed by atoms with van der Waals surface area (Å²) in [6.07, 6.45) is 0. The molecule has 1 amide bonds. The van der Waals surface area contributed by atoms with E-state index in [1.165, 1.54) is 0 Å². The second-order valence-electron chi connectivity index (χ2n) is 5.77. The van der Waals surface area contributed by atoms with E-state index < -0.39 is 5.41 Å². The minimum absolute atomic E-state index is 0.0675. The van der Waals surface area contributed by atoms with E-state index in [2.05, 4.69) is 4.98 Å². The van der Waals surface area contributed by atoms with Crippen LogP contribution in [0.4, 0.5) is 5.69 Å². The second kappa shape index (κ2) is 5.85. The first kappa shape index (κ1) is 15.5. The number of rotatable bonds is 4. The third-order valence-electron chi connectivity index (χ3n) is 3.58. The summed E-state index contributed by atoms with van der Waals surface area (Å²) in [5.74, 6) is 0.0675. The summed E-state index contributed by atoms with van der Waals surface area (Å²) < 4.78 is 0. The van der Waals surface area contributed by atoms with Crippen LogP contribution in [-0.4, -0.2) is 22.8 Å². The molecule has 0 fully saturated rings. The van der Waals surface area contributed by atoms with Crippen LogP contribution < -0.4 is 5.73 Å². The number of aryl methyl sites for hydroxylation is 1. The van der Waals surface area contributed by atoms with Crippen LogP contribution in [0.15, 0.2) is 29.6 Å². The van der Waals surface area contributed by atoms with E-state index in [1.807, 2.05) is 57.5 Å². The van der Waals surface area contributed by atoms with Crippen molar-refractivity contribution < 1.29 is 4.79 Å². The van der Waals surface area contributed by atoms with Crippen molar-refractivity contribution in [2.24, 2.45) is 0 Å². The van der Waals surface area contributed by atoms with Crippen molar-refractivity contribution in [1.29, 1.82) is 0 Å². The monoisotopic (exact) mass is 303 g/mol. The molecule has 0 unspecified atom stereocenters. The van der Waals surface area contributed by atoms with Crippen molar-refractivity contribution in [2.45, 2.75) is 32.7 Å². The van der Waals surface area contributed by atoms with Gasteiger partial charge >= 0.3 is 0 Å². The van der Waals surface area contributed by atoms with Gasteiger partial charge in [-0.05, 0) is 38.5 Å². The van der Waals surface area contributed by atoms with Crippen LogP contribution >= 0.6 is 11.3 Å². The van der Waals surface area contributed by atoms with E-state index in [0.29, 0.717) is 12.2 Å². The van der Waals surface area contributed by atoms with Crippen molar-refractivity contribution in [1.82, 2.24) is 9.88 Å². The van der Waals surface area contributed by atoms with E-state index in [4.69, 9.17) is 5.73 Å². The fourth-order valence-electron chi connectivity index (χ4n) is 2.30. The lowest BCUT2D eigenvalue weighted by atomic mass is 9.83. The molecule has 112 valence electrons. The first-order chi connectivity index (χ1) is 9.80. The molecule has 0 saturated carbocycles. The molecule has 0 aliphatic carbocycles. The zero-order valence-electron chi connectivity index (χ0n) is 12.9. The van der Waals surface area contributed by atoms with Gasteiger partial charge in [-0.1, -0.05) is 12.1 Å². The highest BCUT2D eigenvalue weighted by Crippen LogP contribution is 2.26. The van der Waals surface area contributed by atoms with Crippen molar-refractivity contribution in [3.63, 3.8) is 0 Å². The lowest BCUT2D eigenvalue weighted by molar-refractivity contribution is -0.135. The molecule has 0 atom stereocenters. The molecular formula is C16H21N3OS. The zero-order chi connectivity index (χ0) is 15.6. The molecule has 0 saturated heterocycles. The van der Waals surface area contributed by atoms with Crippen molar-refractivity contribution in [3.05, 3.63) is 45.9 Å². The Morgan fingerprint density at radius 3 is 2.48 bits per heavy atom. The average molecular weight is 303 g/mol. The normalized spacial score (nSPS) is 11.4. The number of hydrogen-bond donors (Lipinski definition) is 1. The van der Waals surface area contributed by atoms with Gasteiger partial charge in [0.05, 0.1) is 22.7 Å². The Labute approximate surface area is 129 Å². The van der Waals surface area contributed by atoms with Crippen molar-refractivity contribution in [2.75, 3.05) is 12.8 Å². The third-order valence-corrected chi connectivity index (χ3v) is 4.40. The van der Waals surface area contributed by atoms with Crippen molar-refractivity contribution in [3.8, 4) is 0 Å². The lowest BCUT2D eigenvalue weighted by Crippen LogP contribution is -2.41. The van der Waals surface area contributed by atoms with Gasteiger partial charge in [0.2, 0.25) is 5.91 Å². The van der Waals surface area contributed by atoms with Crippen molar-refractivity contribution >= 4 is 22.9 Å². The molecule has 4 nitrogen and oxygen atoms in total. The number of nitrogen functional groups attached to an aromatic ring is 1. The van der Waals surface area contributed by atoms with Gasteiger partial charge in [0.15, 0.2) is 0 Å². The zero-order valence-corrected chi connectivity index (χ0v) is 13.7. The van der Waals surface area contributed by atoms with Crippen LogP contribution in [0.3, 0.4) is 0 Å². The lowest BCUT2D eigenvalue weighted by Gasteiger charge is -2.29. The summed E-state index contributed by atoms with van der Waals surface area (Å²) in [5, 5.41) is 3.01. The topological polar surface area (TPSA) is 59.2 Å². The molecule has 21 heavy (non-hydrogen) atoms. The Morgan fingerprint density at radius 2 is 1.95 bits per heavy atom. The molecule has 1 heterocycles. The van der Waals surface area contributed by atoms with Crippen LogP contribution in [0.2, 0.25) is 0 Å². The summed E-state index contributed by atoms with van der Waals surface area (Å²) in [7, 11) is 1.82. The number of anilines is 1. The van der Waals surface area contributed by atoms with Gasteiger partial charge in [-0.3, -0.25) is 4.79 Å². The molecule has 2 rings (SSSR count). The molecule has 2 aromatic rings. The predicted octanol–water partition coefficient (Wildman–Crippen LogP) is 2.97. The largest absolute Gasteiger partial charge is 0.399 e. The van der Waals surface area contributed by atoms with E-state index in [1.54, 1.807) is 16.2 Å². The fraction of sp³-hybridized carbons (Fsp3) is 0.375. The molecule has 2 N–H and O–H groups in total. The number of benzene rings is 1. The summed E-state index contributed by atoms with van der Waals surface area (Å²) >= 11 is 1.60. The SMILES string of the molecule is Cc1nc(CN(C)C(=O)C(C)(C)c2ccc(N)cc2)cs1. The van der Waals surface area contributed by atoms with E-state index in [0.717, 1.165) is 16.3 Å². The Kier molecular flexibility index (Phi) is 4.32. The van der Waals surface area contributed by atoms with E-state index >= 15 is 0 Å². The average Bonchev–Trinajstić information content (AvgIpc) is 2.83. The first-order valence-corrected chi connectivity index (χ1v) is 7.71. The van der Waals surface area contributed by atoms with Gasteiger partial charge in [0.25, 0.3) is 0 Å². The minimum atomic E-state index is -0.590. The molecule has 0 bridgehead atoms. The molecule has 1 aromatic heterocycles. The third kappa shape index (κ3) is 3.42. The smallest absolute Gasteiger partial charge is 0.232 e. The van der Waals surface area contributed by atoms with Crippen LogP contribution in [0.25, 0.3) is 0 Å². The molecular weight excluding hydrogens is 282 g/mol. The minimum Gasteiger partial charge on any atom is -0.399 e. The molecule has 0 aliphatic rings. The maximum Gasteiger partial charge on any atom is 0.232 e. The van der Waals surface area contributed by atoms with Gasteiger partial charge in [-0.2, -0.15) is 0 Å². The number of carbonyl (C=O) groups excluding carboxylic acids is 1. The number of thiazole rings is 1. The summed E-state index contributed by atoms with van der Waals surface area (Å²) in [6.45, 7) is 6.36. The van der Waals surface area contributed by atoms with E-state index in [9.17, 15) is 4.79 Å². The van der Waals surface area contributed by atoms with Crippen LogP contribution in [0, 0.1) is 6.92 Å². The molecule has 0 aliphatic heterocycles. The van der Waals surface area contributed by atoms with Gasteiger partial charge in [0, 0.05) is 18.1 Å². The predicted molar refractivity (Wildman–Crippen MR) is 87.2 cm³/mol. The number of carbonyl (C=O) groups is 1. The second-order valence-corrected chi connectivity index (χ2v) is 6.83. The highest BCUT2D eigenvalue weighted by molar-refractivity contribution is 7.09. The number of amides is 1. The Hall–Kier alpha value is -1.88. The number of nitrogens with two attached hydrogens (primary N) is 1. The number of aromatic nitrogens is 1. The number of hydrogen-bond acceptors (Lipinski definition) is 4.